The molecule has 0 aliphatic rings. The van der Waals surface area contributed by atoms with Crippen molar-refractivity contribution >= 4 is 29.1 Å². The maximum atomic E-state index is 5.16. The van der Waals surface area contributed by atoms with Gasteiger partial charge >= 0.3 is 0 Å². The Morgan fingerprint density at radius 1 is 1.43 bits per heavy atom. The molecule has 0 aromatic carbocycles. The molecule has 0 radical (unpaired) electrons. The smallest absolute Gasteiger partial charge is 0.166 e. The Bertz CT molecular complexity index is 151. The second kappa shape index (κ2) is 9.59. The Morgan fingerprint density at radius 2 is 2.14 bits per heavy atom. The molecule has 0 aromatic heterocycles. The molecular formula is C10H22N2S2. The number of nitrogens with one attached hydrogen (secondary N) is 2. The molecule has 0 fully saturated rings. The van der Waals surface area contributed by atoms with Crippen molar-refractivity contribution in [2.75, 3.05) is 18.1 Å². The van der Waals surface area contributed by atoms with Crippen LogP contribution in [0.1, 0.15) is 33.6 Å². The van der Waals surface area contributed by atoms with Gasteiger partial charge in [0.15, 0.2) is 5.11 Å². The number of unbranched alkanes of at least 4 members (excludes halogenated alkanes) is 1. The minimum atomic E-state index is 0.460. The second-order valence-electron chi connectivity index (χ2n) is 3.31. The van der Waals surface area contributed by atoms with E-state index in [0.717, 1.165) is 17.4 Å². The Hall–Kier alpha value is 0.0400. The maximum absolute atomic E-state index is 5.16. The first-order valence-electron chi connectivity index (χ1n) is 5.32. The molecule has 0 heterocycles. The van der Waals surface area contributed by atoms with Crippen molar-refractivity contribution < 1.29 is 0 Å². The minimum Gasteiger partial charge on any atom is -0.363 e. The number of thiocarbonyl (C=S) groups is 1. The van der Waals surface area contributed by atoms with E-state index >= 15 is 0 Å². The van der Waals surface area contributed by atoms with Gasteiger partial charge in [-0.1, -0.05) is 20.3 Å². The first-order chi connectivity index (χ1) is 6.70. The summed E-state index contributed by atoms with van der Waals surface area (Å²) in [7, 11) is 0. The van der Waals surface area contributed by atoms with Gasteiger partial charge in [0.25, 0.3) is 0 Å². The third-order valence-electron chi connectivity index (χ3n) is 1.77. The molecule has 2 nitrogen and oxygen atoms in total. The van der Waals surface area contributed by atoms with E-state index in [0.29, 0.717) is 6.04 Å². The van der Waals surface area contributed by atoms with Crippen LogP contribution in [0.5, 0.6) is 0 Å². The molecule has 0 amide bonds. The predicted octanol–water partition coefficient (Wildman–Crippen LogP) is 2.39. The van der Waals surface area contributed by atoms with Gasteiger partial charge < -0.3 is 10.6 Å². The van der Waals surface area contributed by atoms with E-state index in [1.807, 2.05) is 11.8 Å². The molecule has 14 heavy (non-hydrogen) atoms. The van der Waals surface area contributed by atoms with Crippen LogP contribution in [0, 0.1) is 0 Å². The lowest BCUT2D eigenvalue weighted by atomic mass is 10.3. The van der Waals surface area contributed by atoms with Crippen molar-refractivity contribution in [1.82, 2.24) is 10.6 Å². The lowest BCUT2D eigenvalue weighted by molar-refractivity contribution is 0.699. The van der Waals surface area contributed by atoms with Gasteiger partial charge in [-0.25, -0.2) is 0 Å². The molecule has 84 valence electrons. The summed E-state index contributed by atoms with van der Waals surface area (Å²) < 4.78 is 0. The van der Waals surface area contributed by atoms with Gasteiger partial charge in [-0.05, 0) is 31.3 Å². The average molecular weight is 234 g/mol. The molecular weight excluding hydrogens is 212 g/mol. The standard InChI is InChI=1S/C10H22N2S2/c1-4-6-7-11-10(13)12-9(3)8-14-5-2/h9H,4-8H2,1-3H3,(H2,11,12,13). The van der Waals surface area contributed by atoms with E-state index < -0.39 is 0 Å². The lowest BCUT2D eigenvalue weighted by Gasteiger charge is -2.16. The summed E-state index contributed by atoms with van der Waals surface area (Å²) in [6.07, 6.45) is 2.39. The van der Waals surface area contributed by atoms with Gasteiger partial charge in [-0.15, -0.1) is 0 Å². The van der Waals surface area contributed by atoms with Crippen LogP contribution in [-0.4, -0.2) is 29.2 Å². The number of hydrogen-bond donors (Lipinski definition) is 2. The van der Waals surface area contributed by atoms with Crippen molar-refractivity contribution in [3.05, 3.63) is 0 Å². The van der Waals surface area contributed by atoms with Crippen molar-refractivity contribution in [1.29, 1.82) is 0 Å². The highest BCUT2D eigenvalue weighted by molar-refractivity contribution is 7.99. The highest BCUT2D eigenvalue weighted by atomic mass is 32.2. The second-order valence-corrected chi connectivity index (χ2v) is 5.04. The van der Waals surface area contributed by atoms with E-state index in [4.69, 9.17) is 12.2 Å². The van der Waals surface area contributed by atoms with Crippen LogP contribution < -0.4 is 10.6 Å². The molecule has 1 unspecified atom stereocenters. The number of thioether (sulfide) groups is 1. The Morgan fingerprint density at radius 3 is 2.71 bits per heavy atom. The normalized spacial score (nSPS) is 12.2. The summed E-state index contributed by atoms with van der Waals surface area (Å²) in [6.45, 7) is 7.50. The molecule has 0 aliphatic heterocycles. The zero-order valence-corrected chi connectivity index (χ0v) is 11.1. The molecule has 1 atom stereocenters. The van der Waals surface area contributed by atoms with Crippen LogP contribution >= 0.6 is 24.0 Å². The minimum absolute atomic E-state index is 0.460. The highest BCUT2D eigenvalue weighted by Gasteiger charge is 2.02. The Kier molecular flexibility index (Phi) is 9.62. The van der Waals surface area contributed by atoms with Gasteiger partial charge in [-0.3, -0.25) is 0 Å². The van der Waals surface area contributed by atoms with Gasteiger partial charge in [0.2, 0.25) is 0 Å². The Balaban J connectivity index is 3.40. The average Bonchev–Trinajstić information content (AvgIpc) is 2.15. The quantitative estimate of drug-likeness (QED) is 0.522. The summed E-state index contributed by atoms with van der Waals surface area (Å²) in [6, 6.07) is 0.460. The molecule has 0 aromatic rings. The predicted molar refractivity (Wildman–Crippen MR) is 71.1 cm³/mol. The lowest BCUT2D eigenvalue weighted by Crippen LogP contribution is -2.41. The van der Waals surface area contributed by atoms with Crippen molar-refractivity contribution in [2.45, 2.75) is 39.7 Å². The van der Waals surface area contributed by atoms with Crippen molar-refractivity contribution in [3.63, 3.8) is 0 Å². The topological polar surface area (TPSA) is 24.1 Å². The first-order valence-corrected chi connectivity index (χ1v) is 6.89. The zero-order chi connectivity index (χ0) is 10.8. The molecule has 4 heteroatoms. The summed E-state index contributed by atoms with van der Waals surface area (Å²) >= 11 is 7.10. The van der Waals surface area contributed by atoms with Crippen LogP contribution in [0.2, 0.25) is 0 Å². The molecule has 0 saturated heterocycles. The van der Waals surface area contributed by atoms with Gasteiger partial charge in [-0.2, -0.15) is 11.8 Å². The van der Waals surface area contributed by atoms with Crippen LogP contribution in [0.4, 0.5) is 0 Å². The molecule has 0 spiro atoms. The zero-order valence-electron chi connectivity index (χ0n) is 9.43. The third kappa shape index (κ3) is 8.63. The monoisotopic (exact) mass is 234 g/mol. The summed E-state index contributed by atoms with van der Waals surface area (Å²) in [5.41, 5.74) is 0. The summed E-state index contributed by atoms with van der Waals surface area (Å²) in [5.74, 6) is 2.29. The fourth-order valence-corrected chi connectivity index (χ4v) is 1.97. The first kappa shape index (κ1) is 14.0. The van der Waals surface area contributed by atoms with Gasteiger partial charge in [0.1, 0.15) is 0 Å². The number of hydrogen-bond acceptors (Lipinski definition) is 2. The van der Waals surface area contributed by atoms with Crippen molar-refractivity contribution in [3.8, 4) is 0 Å². The molecule has 0 aliphatic carbocycles. The van der Waals surface area contributed by atoms with E-state index in [-0.39, 0.29) is 0 Å². The van der Waals surface area contributed by atoms with Crippen molar-refractivity contribution in [2.24, 2.45) is 0 Å². The largest absolute Gasteiger partial charge is 0.363 e. The fraction of sp³-hybridized carbons (Fsp3) is 0.900. The van der Waals surface area contributed by atoms with E-state index in [1.165, 1.54) is 18.6 Å². The van der Waals surface area contributed by atoms with Crippen LogP contribution in [-0.2, 0) is 0 Å². The van der Waals surface area contributed by atoms with Gasteiger partial charge in [0.05, 0.1) is 0 Å². The summed E-state index contributed by atoms with van der Waals surface area (Å²) in [4.78, 5) is 0. The molecule has 0 saturated carbocycles. The fourth-order valence-electron chi connectivity index (χ4n) is 0.990. The van der Waals surface area contributed by atoms with E-state index in [1.54, 1.807) is 0 Å². The number of rotatable bonds is 7. The maximum Gasteiger partial charge on any atom is 0.166 e. The third-order valence-corrected chi connectivity index (χ3v) is 3.17. The molecule has 2 N–H and O–H groups in total. The van der Waals surface area contributed by atoms with E-state index in [9.17, 15) is 0 Å². The van der Waals surface area contributed by atoms with Crippen LogP contribution in [0.25, 0.3) is 0 Å². The SMILES string of the molecule is CCCCNC(=S)NC(C)CSCC. The Labute approximate surface area is 97.6 Å². The van der Waals surface area contributed by atoms with Crippen LogP contribution in [0.3, 0.4) is 0 Å². The highest BCUT2D eigenvalue weighted by Crippen LogP contribution is 2.00. The van der Waals surface area contributed by atoms with Gasteiger partial charge in [0, 0.05) is 18.3 Å². The molecule has 0 bridgehead atoms. The summed E-state index contributed by atoms with van der Waals surface area (Å²) in [5, 5.41) is 7.27. The van der Waals surface area contributed by atoms with E-state index in [2.05, 4.69) is 31.4 Å². The van der Waals surface area contributed by atoms with Crippen LogP contribution in [0.15, 0.2) is 0 Å². The molecule has 0 rings (SSSR count).